The minimum atomic E-state index is -0.0644. The third kappa shape index (κ3) is 8.27. The quantitative estimate of drug-likeness (QED) is 0.472. The number of hydrogen-bond acceptors (Lipinski definition) is 4. The summed E-state index contributed by atoms with van der Waals surface area (Å²) in [6.07, 6.45) is 5.54. The molecule has 0 N–H and O–H groups in total. The summed E-state index contributed by atoms with van der Waals surface area (Å²) in [6.45, 7) is 0.577. The summed E-state index contributed by atoms with van der Waals surface area (Å²) in [5, 5.41) is 0. The van der Waals surface area contributed by atoms with Crippen molar-refractivity contribution in [2.75, 3.05) is 30.6 Å². The molecule has 0 unspecified atom stereocenters. The van der Waals surface area contributed by atoms with Gasteiger partial charge >= 0.3 is 5.97 Å². The normalized spacial score (nSPS) is 9.83. The van der Waals surface area contributed by atoms with E-state index in [2.05, 4.69) is 6.26 Å². The van der Waals surface area contributed by atoms with E-state index in [-0.39, 0.29) is 5.97 Å². The van der Waals surface area contributed by atoms with Gasteiger partial charge in [-0.15, -0.1) is 0 Å². The van der Waals surface area contributed by atoms with Crippen molar-refractivity contribution in [1.82, 2.24) is 0 Å². The topological polar surface area (TPSA) is 26.3 Å². The van der Waals surface area contributed by atoms with E-state index in [1.54, 1.807) is 23.5 Å². The molecule has 0 aromatic carbocycles. The van der Waals surface area contributed by atoms with Gasteiger partial charge in [-0.1, -0.05) is 0 Å². The molecule has 0 atom stereocenters. The Balaban J connectivity index is 3.08. The van der Waals surface area contributed by atoms with Crippen LogP contribution in [-0.2, 0) is 9.53 Å². The second-order valence-corrected chi connectivity index (χ2v) is 4.28. The van der Waals surface area contributed by atoms with Crippen molar-refractivity contribution in [3.8, 4) is 0 Å². The van der Waals surface area contributed by atoms with Crippen molar-refractivity contribution in [1.29, 1.82) is 0 Å². The van der Waals surface area contributed by atoms with E-state index in [1.807, 2.05) is 6.26 Å². The highest BCUT2D eigenvalue weighted by Crippen LogP contribution is 1.99. The maximum Gasteiger partial charge on any atom is 0.306 e. The Kier molecular flexibility index (Phi) is 9.39. The van der Waals surface area contributed by atoms with Crippen molar-refractivity contribution in [2.24, 2.45) is 0 Å². The molecule has 0 saturated heterocycles. The molecule has 0 spiro atoms. The Hall–Kier alpha value is 0.170. The molecular formula is C8H16O2S2. The van der Waals surface area contributed by atoms with Crippen LogP contribution in [0.2, 0.25) is 0 Å². The fraction of sp³-hybridized carbons (Fsp3) is 0.875. The largest absolute Gasteiger partial charge is 0.466 e. The predicted octanol–water partition coefficient (Wildman–Crippen LogP) is 2.04. The summed E-state index contributed by atoms with van der Waals surface area (Å²) in [5.41, 5.74) is 0. The minimum Gasteiger partial charge on any atom is -0.466 e. The van der Waals surface area contributed by atoms with Crippen LogP contribution in [-0.4, -0.2) is 36.6 Å². The number of hydrogen-bond donors (Lipinski definition) is 0. The van der Waals surface area contributed by atoms with Gasteiger partial charge in [-0.2, -0.15) is 23.5 Å². The summed E-state index contributed by atoms with van der Waals surface area (Å²) in [5.74, 6) is 1.86. The van der Waals surface area contributed by atoms with E-state index in [1.165, 1.54) is 0 Å². The lowest BCUT2D eigenvalue weighted by Crippen LogP contribution is -2.07. The van der Waals surface area contributed by atoms with Gasteiger partial charge in [0.25, 0.3) is 0 Å². The molecule has 12 heavy (non-hydrogen) atoms. The fourth-order valence-electron chi connectivity index (χ4n) is 0.647. The van der Waals surface area contributed by atoms with Crippen LogP contribution >= 0.6 is 23.5 Å². The summed E-state index contributed by atoms with van der Waals surface area (Å²) in [7, 11) is 0. The maximum atomic E-state index is 10.9. The number of carbonyl (C=O) groups excluding carboxylic acids is 1. The van der Waals surface area contributed by atoms with Gasteiger partial charge in [0, 0.05) is 5.75 Å². The van der Waals surface area contributed by atoms with Gasteiger partial charge in [-0.25, -0.2) is 0 Å². The maximum absolute atomic E-state index is 10.9. The van der Waals surface area contributed by atoms with Crippen LogP contribution in [0, 0.1) is 0 Å². The number of rotatable bonds is 7. The molecule has 0 aromatic rings. The van der Waals surface area contributed by atoms with Crippen molar-refractivity contribution < 1.29 is 9.53 Å². The lowest BCUT2D eigenvalue weighted by atomic mass is 10.5. The average Bonchev–Trinajstić information content (AvgIpc) is 2.09. The van der Waals surface area contributed by atoms with Gasteiger partial charge in [-0.3, -0.25) is 4.79 Å². The molecule has 0 bridgehead atoms. The monoisotopic (exact) mass is 208 g/mol. The Morgan fingerprint density at radius 3 is 2.50 bits per heavy atom. The van der Waals surface area contributed by atoms with Crippen LogP contribution in [0.15, 0.2) is 0 Å². The van der Waals surface area contributed by atoms with Gasteiger partial charge < -0.3 is 4.74 Å². The Bertz CT molecular complexity index is 118. The molecule has 0 amide bonds. The average molecular weight is 208 g/mol. The molecule has 2 nitrogen and oxygen atoms in total. The summed E-state index contributed by atoms with van der Waals surface area (Å²) in [6, 6.07) is 0. The third-order valence-electron chi connectivity index (χ3n) is 1.27. The highest BCUT2D eigenvalue weighted by molar-refractivity contribution is 7.98. The van der Waals surface area contributed by atoms with Crippen LogP contribution < -0.4 is 0 Å². The standard InChI is InChI=1S/C8H16O2S2/c1-11-6-3-5-10-8(9)4-7-12-2/h3-7H2,1-2H3. The minimum absolute atomic E-state index is 0.0644. The highest BCUT2D eigenvalue weighted by atomic mass is 32.2. The molecule has 0 rings (SSSR count). The fourth-order valence-corrected chi connectivity index (χ4v) is 1.42. The summed E-state index contributed by atoms with van der Waals surface area (Å²) in [4.78, 5) is 10.9. The molecular weight excluding hydrogens is 192 g/mol. The number of ether oxygens (including phenoxy) is 1. The molecule has 0 heterocycles. The van der Waals surface area contributed by atoms with Crippen LogP contribution in [0.3, 0.4) is 0 Å². The van der Waals surface area contributed by atoms with Crippen LogP contribution in [0.1, 0.15) is 12.8 Å². The lowest BCUT2D eigenvalue weighted by Gasteiger charge is -2.02. The van der Waals surface area contributed by atoms with E-state index in [9.17, 15) is 4.79 Å². The summed E-state index contributed by atoms with van der Waals surface area (Å²) < 4.78 is 4.98. The smallest absolute Gasteiger partial charge is 0.306 e. The molecule has 0 saturated carbocycles. The predicted molar refractivity (Wildman–Crippen MR) is 57.0 cm³/mol. The first-order valence-corrected chi connectivity index (χ1v) is 6.73. The van der Waals surface area contributed by atoms with E-state index in [0.29, 0.717) is 13.0 Å². The molecule has 0 aliphatic rings. The van der Waals surface area contributed by atoms with E-state index < -0.39 is 0 Å². The Labute approximate surface area is 82.8 Å². The summed E-state index contributed by atoms with van der Waals surface area (Å²) >= 11 is 3.44. The van der Waals surface area contributed by atoms with E-state index in [0.717, 1.165) is 17.9 Å². The highest BCUT2D eigenvalue weighted by Gasteiger charge is 2.00. The van der Waals surface area contributed by atoms with Gasteiger partial charge in [0.15, 0.2) is 0 Å². The Morgan fingerprint density at radius 1 is 1.25 bits per heavy atom. The Morgan fingerprint density at radius 2 is 1.92 bits per heavy atom. The SMILES string of the molecule is CSCCCOC(=O)CCSC. The van der Waals surface area contributed by atoms with E-state index in [4.69, 9.17) is 4.74 Å². The molecule has 0 fully saturated rings. The number of esters is 1. The van der Waals surface area contributed by atoms with Gasteiger partial charge in [0.2, 0.25) is 0 Å². The van der Waals surface area contributed by atoms with Crippen LogP contribution in [0.4, 0.5) is 0 Å². The van der Waals surface area contributed by atoms with Gasteiger partial charge in [0.05, 0.1) is 13.0 Å². The molecule has 0 aliphatic heterocycles. The van der Waals surface area contributed by atoms with Crippen molar-refractivity contribution in [2.45, 2.75) is 12.8 Å². The molecule has 4 heteroatoms. The number of thioether (sulfide) groups is 2. The second kappa shape index (κ2) is 9.26. The molecule has 0 aliphatic carbocycles. The zero-order valence-corrected chi connectivity index (χ0v) is 9.30. The zero-order valence-electron chi connectivity index (χ0n) is 7.67. The van der Waals surface area contributed by atoms with Crippen molar-refractivity contribution >= 4 is 29.5 Å². The second-order valence-electron chi connectivity index (χ2n) is 2.31. The molecule has 0 aromatic heterocycles. The van der Waals surface area contributed by atoms with E-state index >= 15 is 0 Å². The van der Waals surface area contributed by atoms with Crippen molar-refractivity contribution in [3.63, 3.8) is 0 Å². The zero-order chi connectivity index (χ0) is 9.23. The first-order chi connectivity index (χ1) is 5.81. The van der Waals surface area contributed by atoms with Crippen LogP contribution in [0.5, 0.6) is 0 Å². The van der Waals surface area contributed by atoms with Gasteiger partial charge in [0.1, 0.15) is 0 Å². The van der Waals surface area contributed by atoms with Crippen LogP contribution in [0.25, 0.3) is 0 Å². The molecule has 0 radical (unpaired) electrons. The third-order valence-corrected chi connectivity index (χ3v) is 2.58. The van der Waals surface area contributed by atoms with Gasteiger partial charge in [-0.05, 0) is 24.7 Å². The first-order valence-electron chi connectivity index (χ1n) is 3.94. The lowest BCUT2D eigenvalue weighted by molar-refractivity contribution is -0.143. The first kappa shape index (κ1) is 12.2. The number of carbonyl (C=O) groups is 1. The molecule has 72 valence electrons. The van der Waals surface area contributed by atoms with Crippen molar-refractivity contribution in [3.05, 3.63) is 0 Å².